The molecule has 2 amide bonds. The van der Waals surface area contributed by atoms with Gasteiger partial charge in [-0.2, -0.15) is 0 Å². The molecule has 3 rings (SSSR count). The van der Waals surface area contributed by atoms with Gasteiger partial charge in [0.25, 0.3) is 0 Å². The molecule has 0 saturated carbocycles. The van der Waals surface area contributed by atoms with E-state index < -0.39 is 5.92 Å². The van der Waals surface area contributed by atoms with E-state index in [0.717, 1.165) is 0 Å². The first-order valence-electron chi connectivity index (χ1n) is 7.35. The molecule has 2 heterocycles. The maximum Gasteiger partial charge on any atom is 0.231 e. The third-order valence-electron chi connectivity index (χ3n) is 3.62. The fourth-order valence-corrected chi connectivity index (χ4v) is 3.75. The Morgan fingerprint density at radius 2 is 2.08 bits per heavy atom. The minimum atomic E-state index is -0.486. The van der Waals surface area contributed by atoms with E-state index in [1.807, 2.05) is 0 Å². The van der Waals surface area contributed by atoms with Gasteiger partial charge in [0, 0.05) is 35.8 Å². The molecule has 1 fully saturated rings. The Morgan fingerprint density at radius 3 is 2.76 bits per heavy atom. The van der Waals surface area contributed by atoms with Gasteiger partial charge in [0.2, 0.25) is 16.9 Å². The summed E-state index contributed by atoms with van der Waals surface area (Å²) in [7, 11) is 1.56. The van der Waals surface area contributed by atoms with Crippen molar-refractivity contribution in [1.29, 1.82) is 0 Å². The molecule has 0 radical (unpaired) electrons. The summed E-state index contributed by atoms with van der Waals surface area (Å²) < 4.78 is 4.96. The Bertz CT molecular complexity index is 794. The fraction of sp³-hybridized carbons (Fsp3) is 0.333. The largest absolute Gasteiger partial charge is 0.377 e. The van der Waals surface area contributed by atoms with Gasteiger partial charge in [-0.1, -0.05) is 34.5 Å². The van der Waals surface area contributed by atoms with Crippen LogP contribution in [0.5, 0.6) is 0 Å². The van der Waals surface area contributed by atoms with E-state index in [9.17, 15) is 9.59 Å². The summed E-state index contributed by atoms with van der Waals surface area (Å²) in [6, 6.07) is 4.88. The van der Waals surface area contributed by atoms with Gasteiger partial charge in [0.05, 0.1) is 5.92 Å². The molecule has 10 heteroatoms. The number of aromatic nitrogens is 2. The zero-order valence-electron chi connectivity index (χ0n) is 13.2. The number of nitrogens with zero attached hydrogens (tertiary/aromatic N) is 3. The highest BCUT2D eigenvalue weighted by molar-refractivity contribution is 7.15. The topological polar surface area (TPSA) is 84.4 Å². The number of rotatable bonds is 5. The number of carbonyl (C=O) groups is 2. The molecule has 1 aliphatic rings. The lowest BCUT2D eigenvalue weighted by Crippen LogP contribution is -2.28. The third kappa shape index (κ3) is 4.27. The second-order valence-corrected chi connectivity index (χ2v) is 7.39. The lowest BCUT2D eigenvalue weighted by atomic mass is 10.1. The first-order valence-corrected chi connectivity index (χ1v) is 8.92. The highest BCUT2D eigenvalue weighted by Gasteiger charge is 2.35. The van der Waals surface area contributed by atoms with E-state index in [4.69, 9.17) is 27.9 Å². The van der Waals surface area contributed by atoms with Crippen molar-refractivity contribution in [2.24, 2.45) is 5.92 Å². The maximum absolute atomic E-state index is 12.4. The number of methoxy groups -OCH3 is 1. The van der Waals surface area contributed by atoms with Crippen LogP contribution in [0.25, 0.3) is 0 Å². The highest BCUT2D eigenvalue weighted by atomic mass is 35.5. The summed E-state index contributed by atoms with van der Waals surface area (Å²) in [6.45, 7) is 0.587. The molecular weight excluding hydrogens is 387 g/mol. The van der Waals surface area contributed by atoms with Crippen molar-refractivity contribution in [3.8, 4) is 0 Å². The lowest BCUT2D eigenvalue weighted by molar-refractivity contribution is -0.122. The Kier molecular flexibility index (Phi) is 5.53. The van der Waals surface area contributed by atoms with Gasteiger partial charge >= 0.3 is 0 Å². The predicted octanol–water partition coefficient (Wildman–Crippen LogP) is 2.98. The molecule has 1 aliphatic heterocycles. The van der Waals surface area contributed by atoms with Crippen molar-refractivity contribution in [1.82, 2.24) is 10.2 Å². The highest BCUT2D eigenvalue weighted by Crippen LogP contribution is 2.31. The number of benzene rings is 1. The van der Waals surface area contributed by atoms with Crippen LogP contribution in [0.4, 0.5) is 10.8 Å². The molecule has 2 aromatic rings. The third-order valence-corrected chi connectivity index (χ3v) is 4.87. The standard InChI is InChI=1S/C15H14Cl2N4O3S/c1-24-7-12-19-20-15(25-12)18-14(23)8-2-13(22)21(6-8)11-4-9(16)3-10(17)5-11/h3-5,8H,2,6-7H2,1H3,(H,18,20,23)/t8-/m0/s1. The fourth-order valence-electron chi connectivity index (χ4n) is 2.52. The van der Waals surface area contributed by atoms with Gasteiger partial charge in [-0.3, -0.25) is 9.59 Å². The predicted molar refractivity (Wildman–Crippen MR) is 96.2 cm³/mol. The van der Waals surface area contributed by atoms with E-state index >= 15 is 0 Å². The zero-order valence-corrected chi connectivity index (χ0v) is 15.5. The average molecular weight is 401 g/mol. The van der Waals surface area contributed by atoms with E-state index in [2.05, 4.69) is 15.5 Å². The molecule has 1 atom stereocenters. The summed E-state index contributed by atoms with van der Waals surface area (Å²) in [5.74, 6) is -0.917. The van der Waals surface area contributed by atoms with Gasteiger partial charge < -0.3 is 15.0 Å². The van der Waals surface area contributed by atoms with Crippen LogP contribution >= 0.6 is 34.5 Å². The molecule has 1 N–H and O–H groups in total. The van der Waals surface area contributed by atoms with Crippen LogP contribution in [0.1, 0.15) is 11.4 Å². The molecule has 25 heavy (non-hydrogen) atoms. The number of halogens is 2. The summed E-state index contributed by atoms with van der Waals surface area (Å²) in [6.07, 6.45) is 0.111. The molecule has 0 bridgehead atoms. The van der Waals surface area contributed by atoms with Crippen LogP contribution < -0.4 is 10.2 Å². The zero-order chi connectivity index (χ0) is 18.0. The van der Waals surface area contributed by atoms with Gasteiger partial charge in [-0.25, -0.2) is 0 Å². The summed E-state index contributed by atoms with van der Waals surface area (Å²) in [5.41, 5.74) is 0.580. The van der Waals surface area contributed by atoms with Crippen LogP contribution in [0, 0.1) is 5.92 Å². The van der Waals surface area contributed by atoms with Crippen LogP contribution in [0.3, 0.4) is 0 Å². The minimum Gasteiger partial charge on any atom is -0.377 e. The van der Waals surface area contributed by atoms with Gasteiger partial charge in [-0.05, 0) is 18.2 Å². The molecule has 7 nitrogen and oxygen atoms in total. The number of hydrogen-bond donors (Lipinski definition) is 1. The van der Waals surface area contributed by atoms with E-state index in [1.165, 1.54) is 16.2 Å². The first kappa shape index (κ1) is 18.1. The van der Waals surface area contributed by atoms with Crippen LogP contribution in [-0.4, -0.2) is 35.7 Å². The molecule has 0 unspecified atom stereocenters. The van der Waals surface area contributed by atoms with Crippen LogP contribution in [0.2, 0.25) is 10.0 Å². The second kappa shape index (κ2) is 7.65. The molecule has 1 saturated heterocycles. The monoisotopic (exact) mass is 400 g/mol. The van der Waals surface area contributed by atoms with Crippen LogP contribution in [0.15, 0.2) is 18.2 Å². The summed E-state index contributed by atoms with van der Waals surface area (Å²) >= 11 is 13.2. The molecule has 1 aromatic heterocycles. The maximum atomic E-state index is 12.4. The number of ether oxygens (including phenoxy) is 1. The van der Waals surface area contributed by atoms with Crippen LogP contribution in [-0.2, 0) is 20.9 Å². The average Bonchev–Trinajstić information content (AvgIpc) is 3.13. The Labute approximate surface area is 157 Å². The lowest BCUT2D eigenvalue weighted by Gasteiger charge is -2.17. The minimum absolute atomic E-state index is 0.111. The molecule has 1 aromatic carbocycles. The number of nitrogens with one attached hydrogen (secondary N) is 1. The van der Waals surface area contributed by atoms with E-state index in [0.29, 0.717) is 32.5 Å². The number of carbonyl (C=O) groups excluding carboxylic acids is 2. The van der Waals surface area contributed by atoms with Crippen molar-refractivity contribution in [3.63, 3.8) is 0 Å². The summed E-state index contributed by atoms with van der Waals surface area (Å²) in [5, 5.41) is 12.4. The van der Waals surface area contributed by atoms with Crippen molar-refractivity contribution in [2.45, 2.75) is 13.0 Å². The van der Waals surface area contributed by atoms with E-state index in [1.54, 1.807) is 25.3 Å². The SMILES string of the molecule is COCc1nnc(NC(=O)[C@H]2CC(=O)N(c3cc(Cl)cc(Cl)c3)C2)s1. The second-order valence-electron chi connectivity index (χ2n) is 5.46. The van der Waals surface area contributed by atoms with Crippen molar-refractivity contribution in [3.05, 3.63) is 33.3 Å². The van der Waals surface area contributed by atoms with Crippen molar-refractivity contribution < 1.29 is 14.3 Å². The Morgan fingerprint density at radius 1 is 1.36 bits per heavy atom. The quantitative estimate of drug-likeness (QED) is 0.833. The number of amides is 2. The Hall–Kier alpha value is -1.74. The Balaban J connectivity index is 1.67. The normalized spacial score (nSPS) is 17.2. The molecule has 132 valence electrons. The number of hydrogen-bond acceptors (Lipinski definition) is 6. The van der Waals surface area contributed by atoms with Crippen molar-refractivity contribution in [2.75, 3.05) is 23.9 Å². The van der Waals surface area contributed by atoms with E-state index in [-0.39, 0.29) is 24.8 Å². The van der Waals surface area contributed by atoms with Crippen molar-refractivity contribution >= 4 is 57.2 Å². The van der Waals surface area contributed by atoms with Gasteiger partial charge in [-0.15, -0.1) is 10.2 Å². The first-order chi connectivity index (χ1) is 12.0. The molecular formula is C15H14Cl2N4O3S. The number of anilines is 2. The molecule has 0 aliphatic carbocycles. The molecule has 0 spiro atoms. The smallest absolute Gasteiger partial charge is 0.231 e. The van der Waals surface area contributed by atoms with Gasteiger partial charge in [0.1, 0.15) is 11.6 Å². The summed E-state index contributed by atoms with van der Waals surface area (Å²) in [4.78, 5) is 26.2. The van der Waals surface area contributed by atoms with Gasteiger partial charge in [0.15, 0.2) is 0 Å².